The van der Waals surface area contributed by atoms with Crippen molar-refractivity contribution in [1.82, 2.24) is 9.55 Å². The monoisotopic (exact) mass is 249 g/mol. The van der Waals surface area contributed by atoms with Gasteiger partial charge in [0.25, 0.3) is 5.56 Å². The number of benzene rings is 1. The van der Waals surface area contributed by atoms with E-state index in [4.69, 9.17) is 10.5 Å². The van der Waals surface area contributed by atoms with Crippen LogP contribution in [0.25, 0.3) is 10.9 Å². The number of methoxy groups -OCH3 is 1. The molecule has 1 aromatic carbocycles. The number of fused-ring (bicyclic) bond motifs is 1. The van der Waals surface area contributed by atoms with E-state index in [0.717, 1.165) is 0 Å². The van der Waals surface area contributed by atoms with Gasteiger partial charge in [-0.3, -0.25) is 9.36 Å². The maximum Gasteiger partial charge on any atom is 0.328 e. The van der Waals surface area contributed by atoms with Gasteiger partial charge in [-0.05, 0) is 25.1 Å². The average Bonchev–Trinajstić information content (AvgIpc) is 2.38. The van der Waals surface area contributed by atoms with Crippen LogP contribution < -0.4 is 21.7 Å². The minimum Gasteiger partial charge on any atom is -0.497 e. The largest absolute Gasteiger partial charge is 0.497 e. The van der Waals surface area contributed by atoms with E-state index in [2.05, 4.69) is 4.98 Å². The van der Waals surface area contributed by atoms with Crippen molar-refractivity contribution in [3.05, 3.63) is 39.0 Å². The Balaban J connectivity index is 2.64. The first-order valence-electron chi connectivity index (χ1n) is 5.68. The Hall–Kier alpha value is -2.08. The smallest absolute Gasteiger partial charge is 0.328 e. The van der Waals surface area contributed by atoms with E-state index in [1.54, 1.807) is 18.2 Å². The lowest BCUT2D eigenvalue weighted by Gasteiger charge is -2.06. The predicted octanol–water partition coefficient (Wildman–Crippen LogP) is 0.0472. The van der Waals surface area contributed by atoms with E-state index in [1.165, 1.54) is 11.7 Å². The van der Waals surface area contributed by atoms with Crippen molar-refractivity contribution in [3.63, 3.8) is 0 Å². The van der Waals surface area contributed by atoms with E-state index in [9.17, 15) is 9.59 Å². The minimum absolute atomic E-state index is 0.301. The molecule has 6 nitrogen and oxygen atoms in total. The standard InChI is InChI=1S/C12H15N3O3/c1-18-8-3-4-9-10(7-8)14-12(17)15(11(9)16)6-2-5-13/h3-4,7H,2,5-6,13H2,1H3,(H,14,17). The summed E-state index contributed by atoms with van der Waals surface area (Å²) in [6.45, 7) is 0.763. The molecule has 2 aromatic rings. The molecule has 0 atom stereocenters. The van der Waals surface area contributed by atoms with E-state index >= 15 is 0 Å². The molecule has 1 aromatic heterocycles. The number of aromatic nitrogens is 2. The van der Waals surface area contributed by atoms with Crippen molar-refractivity contribution in [2.24, 2.45) is 5.73 Å². The highest BCUT2D eigenvalue weighted by molar-refractivity contribution is 5.78. The molecule has 0 aliphatic heterocycles. The van der Waals surface area contributed by atoms with E-state index in [-0.39, 0.29) is 5.56 Å². The predicted molar refractivity (Wildman–Crippen MR) is 69.1 cm³/mol. The molecule has 0 aliphatic rings. The van der Waals surface area contributed by atoms with Crippen LogP contribution in [0.3, 0.4) is 0 Å². The molecule has 0 saturated carbocycles. The molecule has 0 fully saturated rings. The Labute approximate surface area is 103 Å². The highest BCUT2D eigenvalue weighted by atomic mass is 16.5. The fourth-order valence-electron chi connectivity index (χ4n) is 1.81. The van der Waals surface area contributed by atoms with Crippen LogP contribution in [0.4, 0.5) is 0 Å². The van der Waals surface area contributed by atoms with Gasteiger partial charge in [-0.2, -0.15) is 0 Å². The first-order chi connectivity index (χ1) is 8.67. The third-order valence-electron chi connectivity index (χ3n) is 2.77. The average molecular weight is 249 g/mol. The molecule has 2 rings (SSSR count). The quantitative estimate of drug-likeness (QED) is 0.801. The Morgan fingerprint density at radius 1 is 1.39 bits per heavy atom. The second kappa shape index (κ2) is 5.05. The highest BCUT2D eigenvalue weighted by Gasteiger charge is 2.07. The lowest BCUT2D eigenvalue weighted by molar-refractivity contribution is 0.415. The van der Waals surface area contributed by atoms with Crippen LogP contribution in [0.2, 0.25) is 0 Å². The minimum atomic E-state index is -0.422. The maximum atomic E-state index is 12.1. The Morgan fingerprint density at radius 2 is 2.17 bits per heavy atom. The Kier molecular flexibility index (Phi) is 3.47. The van der Waals surface area contributed by atoms with Gasteiger partial charge in [0, 0.05) is 12.6 Å². The molecule has 0 saturated heterocycles. The fraction of sp³-hybridized carbons (Fsp3) is 0.333. The highest BCUT2D eigenvalue weighted by Crippen LogP contribution is 2.15. The summed E-state index contributed by atoms with van der Waals surface area (Å²) in [5.41, 5.74) is 5.14. The third-order valence-corrected chi connectivity index (χ3v) is 2.77. The maximum absolute atomic E-state index is 12.1. The molecule has 18 heavy (non-hydrogen) atoms. The molecule has 0 bridgehead atoms. The molecule has 0 spiro atoms. The first-order valence-corrected chi connectivity index (χ1v) is 5.68. The van der Waals surface area contributed by atoms with Gasteiger partial charge >= 0.3 is 5.69 Å². The third kappa shape index (κ3) is 2.14. The zero-order valence-corrected chi connectivity index (χ0v) is 10.1. The van der Waals surface area contributed by atoms with Gasteiger partial charge in [-0.15, -0.1) is 0 Å². The summed E-state index contributed by atoms with van der Waals surface area (Å²) < 4.78 is 6.22. The van der Waals surface area contributed by atoms with Crippen molar-refractivity contribution in [2.75, 3.05) is 13.7 Å². The molecule has 6 heteroatoms. The van der Waals surface area contributed by atoms with Gasteiger partial charge in [0.2, 0.25) is 0 Å². The Bertz CT molecular complexity index is 672. The van der Waals surface area contributed by atoms with Crippen molar-refractivity contribution in [3.8, 4) is 5.75 Å². The second-order valence-electron chi connectivity index (χ2n) is 3.94. The van der Waals surface area contributed by atoms with E-state index in [0.29, 0.717) is 36.2 Å². The number of nitrogens with zero attached hydrogens (tertiary/aromatic N) is 1. The number of H-pyrrole nitrogens is 1. The lowest BCUT2D eigenvalue weighted by atomic mass is 10.2. The summed E-state index contributed by atoms with van der Waals surface area (Å²) in [6, 6.07) is 4.96. The molecule has 0 unspecified atom stereocenters. The van der Waals surface area contributed by atoms with Gasteiger partial charge in [0.05, 0.1) is 18.0 Å². The Morgan fingerprint density at radius 3 is 2.83 bits per heavy atom. The van der Waals surface area contributed by atoms with Gasteiger partial charge < -0.3 is 15.5 Å². The van der Waals surface area contributed by atoms with Crippen molar-refractivity contribution >= 4 is 10.9 Å². The number of hydrogen-bond donors (Lipinski definition) is 2. The van der Waals surface area contributed by atoms with Crippen molar-refractivity contribution in [1.29, 1.82) is 0 Å². The van der Waals surface area contributed by atoms with Crippen LogP contribution >= 0.6 is 0 Å². The van der Waals surface area contributed by atoms with Gasteiger partial charge in [-0.25, -0.2) is 4.79 Å². The number of nitrogens with two attached hydrogens (primary N) is 1. The zero-order valence-electron chi connectivity index (χ0n) is 10.1. The van der Waals surface area contributed by atoms with Crippen molar-refractivity contribution in [2.45, 2.75) is 13.0 Å². The summed E-state index contributed by atoms with van der Waals surface area (Å²) in [4.78, 5) is 26.6. The SMILES string of the molecule is COc1ccc2c(=O)n(CCCN)c(=O)[nH]c2c1. The molecule has 0 radical (unpaired) electrons. The van der Waals surface area contributed by atoms with Crippen LogP contribution in [0, 0.1) is 0 Å². The number of hydrogen-bond acceptors (Lipinski definition) is 4. The number of aromatic amines is 1. The summed E-state index contributed by atoms with van der Waals surface area (Å²) in [5.74, 6) is 0.595. The number of ether oxygens (including phenoxy) is 1. The topological polar surface area (TPSA) is 90.1 Å². The van der Waals surface area contributed by atoms with Crippen LogP contribution in [0.15, 0.2) is 27.8 Å². The molecule has 3 N–H and O–H groups in total. The summed E-state index contributed by atoms with van der Waals surface area (Å²) >= 11 is 0. The molecule has 0 aliphatic carbocycles. The van der Waals surface area contributed by atoms with Crippen LogP contribution in [0.5, 0.6) is 5.75 Å². The van der Waals surface area contributed by atoms with Crippen molar-refractivity contribution < 1.29 is 4.74 Å². The number of rotatable bonds is 4. The summed E-state index contributed by atoms with van der Waals surface area (Å²) in [5, 5.41) is 0.465. The lowest BCUT2D eigenvalue weighted by Crippen LogP contribution is -2.35. The number of nitrogens with one attached hydrogen (secondary N) is 1. The molecular weight excluding hydrogens is 234 g/mol. The van der Waals surface area contributed by atoms with Crippen LogP contribution in [-0.2, 0) is 6.54 Å². The van der Waals surface area contributed by atoms with E-state index < -0.39 is 5.69 Å². The fourth-order valence-corrected chi connectivity index (χ4v) is 1.81. The van der Waals surface area contributed by atoms with Gasteiger partial charge in [0.15, 0.2) is 0 Å². The summed E-state index contributed by atoms with van der Waals surface area (Å²) in [7, 11) is 1.53. The normalized spacial score (nSPS) is 10.8. The van der Waals surface area contributed by atoms with E-state index in [1.807, 2.05) is 0 Å². The summed E-state index contributed by atoms with van der Waals surface area (Å²) in [6.07, 6.45) is 0.588. The van der Waals surface area contributed by atoms with Crippen LogP contribution in [0.1, 0.15) is 6.42 Å². The molecule has 96 valence electrons. The van der Waals surface area contributed by atoms with Gasteiger partial charge in [-0.1, -0.05) is 0 Å². The molecule has 0 amide bonds. The second-order valence-corrected chi connectivity index (χ2v) is 3.94. The first kappa shape index (κ1) is 12.4. The zero-order chi connectivity index (χ0) is 13.1. The molecular formula is C12H15N3O3. The molecule has 1 heterocycles. The van der Waals surface area contributed by atoms with Gasteiger partial charge in [0.1, 0.15) is 5.75 Å². The van der Waals surface area contributed by atoms with Crippen LogP contribution in [-0.4, -0.2) is 23.2 Å².